The summed E-state index contributed by atoms with van der Waals surface area (Å²) >= 11 is 3.24. The van der Waals surface area contributed by atoms with Crippen LogP contribution in [-0.4, -0.2) is 5.97 Å². The number of hydrogen-bond acceptors (Lipinski definition) is 3. The van der Waals surface area contributed by atoms with Crippen LogP contribution in [0.3, 0.4) is 0 Å². The Labute approximate surface area is 124 Å². The van der Waals surface area contributed by atoms with Crippen molar-refractivity contribution < 1.29 is 13.9 Å². The number of halogens is 2. The summed E-state index contributed by atoms with van der Waals surface area (Å²) < 4.78 is 19.4. The molecule has 0 radical (unpaired) electrons. The number of ether oxygens (including phenoxy) is 1. The number of nitrogens with two attached hydrogens (primary N) is 1. The van der Waals surface area contributed by atoms with Crippen LogP contribution in [-0.2, 0) is 11.3 Å². The summed E-state index contributed by atoms with van der Waals surface area (Å²) in [7, 11) is 0. The van der Waals surface area contributed by atoms with Gasteiger partial charge in [0.05, 0.1) is 5.56 Å². The van der Waals surface area contributed by atoms with Crippen LogP contribution in [0.5, 0.6) is 0 Å². The van der Waals surface area contributed by atoms with Crippen LogP contribution in [0.4, 0.5) is 10.1 Å². The number of benzene rings is 2. The molecule has 0 saturated carbocycles. The third kappa shape index (κ3) is 3.17. The van der Waals surface area contributed by atoms with Crippen molar-refractivity contribution in [3.05, 3.63) is 63.4 Å². The number of nitrogen functional groups attached to an aromatic ring is 1. The van der Waals surface area contributed by atoms with Gasteiger partial charge >= 0.3 is 5.97 Å². The molecule has 20 heavy (non-hydrogen) atoms. The van der Waals surface area contributed by atoms with Gasteiger partial charge in [0.2, 0.25) is 0 Å². The Kier molecular flexibility index (Phi) is 4.39. The fraction of sp³-hybridized carbons (Fsp3) is 0.133. The number of anilines is 1. The van der Waals surface area contributed by atoms with E-state index in [2.05, 4.69) is 15.9 Å². The average molecular weight is 338 g/mol. The molecule has 0 fully saturated rings. The van der Waals surface area contributed by atoms with Crippen LogP contribution >= 0.6 is 15.9 Å². The number of esters is 1. The largest absolute Gasteiger partial charge is 0.457 e. The molecule has 0 aliphatic carbocycles. The van der Waals surface area contributed by atoms with E-state index < -0.39 is 11.8 Å². The van der Waals surface area contributed by atoms with Gasteiger partial charge in [0.25, 0.3) is 0 Å². The molecule has 2 N–H and O–H groups in total. The average Bonchev–Trinajstić information content (AvgIpc) is 2.39. The van der Waals surface area contributed by atoms with Crippen molar-refractivity contribution in [2.24, 2.45) is 0 Å². The predicted octanol–water partition coefficient (Wildman–Crippen LogP) is 3.84. The zero-order valence-electron chi connectivity index (χ0n) is 10.8. The van der Waals surface area contributed by atoms with E-state index in [9.17, 15) is 9.18 Å². The molecule has 3 nitrogen and oxygen atoms in total. The highest BCUT2D eigenvalue weighted by atomic mass is 79.9. The molecule has 2 aromatic rings. The fourth-order valence-corrected chi connectivity index (χ4v) is 2.25. The van der Waals surface area contributed by atoms with Gasteiger partial charge in [0.1, 0.15) is 12.4 Å². The summed E-state index contributed by atoms with van der Waals surface area (Å²) in [5.74, 6) is -0.973. The highest BCUT2D eigenvalue weighted by molar-refractivity contribution is 9.10. The van der Waals surface area contributed by atoms with Crippen molar-refractivity contribution in [2.45, 2.75) is 13.5 Å². The Morgan fingerprint density at radius 2 is 2.10 bits per heavy atom. The van der Waals surface area contributed by atoms with Crippen molar-refractivity contribution in [3.63, 3.8) is 0 Å². The number of carbonyl (C=O) groups excluding carboxylic acids is 1. The van der Waals surface area contributed by atoms with Gasteiger partial charge in [-0.15, -0.1) is 0 Å². The second kappa shape index (κ2) is 6.05. The summed E-state index contributed by atoms with van der Waals surface area (Å²) in [5, 5.41) is 0. The molecule has 0 bridgehead atoms. The smallest absolute Gasteiger partial charge is 0.340 e. The van der Waals surface area contributed by atoms with Crippen molar-refractivity contribution in [3.8, 4) is 0 Å². The molecular weight excluding hydrogens is 325 g/mol. The third-order valence-corrected chi connectivity index (χ3v) is 3.37. The SMILES string of the molecule is Cc1cccc(N)c1C(=O)OCc1cc(Br)ccc1F. The van der Waals surface area contributed by atoms with Gasteiger partial charge in [-0.25, -0.2) is 9.18 Å². The molecule has 0 spiro atoms. The standard InChI is InChI=1S/C15H13BrFNO2/c1-9-3-2-4-13(18)14(9)15(19)20-8-10-7-11(16)5-6-12(10)17/h2-7H,8,18H2,1H3. The van der Waals surface area contributed by atoms with Crippen molar-refractivity contribution in [1.29, 1.82) is 0 Å². The van der Waals surface area contributed by atoms with Gasteiger partial charge in [0, 0.05) is 15.7 Å². The second-order valence-corrected chi connectivity index (χ2v) is 5.27. The van der Waals surface area contributed by atoms with E-state index in [0.717, 1.165) is 10.0 Å². The van der Waals surface area contributed by atoms with Crippen LogP contribution in [0.15, 0.2) is 40.9 Å². The topological polar surface area (TPSA) is 52.3 Å². The number of aryl methyl sites for hydroxylation is 1. The molecule has 0 heterocycles. The van der Waals surface area contributed by atoms with E-state index in [1.54, 1.807) is 37.3 Å². The van der Waals surface area contributed by atoms with Crippen LogP contribution in [0.2, 0.25) is 0 Å². The van der Waals surface area contributed by atoms with E-state index >= 15 is 0 Å². The van der Waals surface area contributed by atoms with Crippen molar-refractivity contribution in [2.75, 3.05) is 5.73 Å². The first kappa shape index (κ1) is 14.5. The quantitative estimate of drug-likeness (QED) is 0.683. The van der Waals surface area contributed by atoms with Crippen molar-refractivity contribution >= 4 is 27.6 Å². The molecule has 0 unspecified atom stereocenters. The summed E-state index contributed by atoms with van der Waals surface area (Å²) in [6.45, 7) is 1.63. The predicted molar refractivity (Wildman–Crippen MR) is 78.8 cm³/mol. The summed E-state index contributed by atoms with van der Waals surface area (Å²) in [6.07, 6.45) is 0. The van der Waals surface area contributed by atoms with E-state index in [-0.39, 0.29) is 6.61 Å². The van der Waals surface area contributed by atoms with Crippen LogP contribution in [0, 0.1) is 12.7 Å². The highest BCUT2D eigenvalue weighted by Crippen LogP contribution is 2.20. The lowest BCUT2D eigenvalue weighted by Gasteiger charge is -2.10. The van der Waals surface area contributed by atoms with Gasteiger partial charge in [-0.3, -0.25) is 0 Å². The zero-order chi connectivity index (χ0) is 14.7. The molecular formula is C15H13BrFNO2. The maximum atomic E-state index is 13.5. The Balaban J connectivity index is 2.15. The highest BCUT2D eigenvalue weighted by Gasteiger charge is 2.15. The molecule has 0 amide bonds. The minimum absolute atomic E-state index is 0.141. The first-order valence-corrected chi connectivity index (χ1v) is 6.74. The van der Waals surface area contributed by atoms with Gasteiger partial charge in [0.15, 0.2) is 0 Å². The minimum atomic E-state index is -0.556. The molecule has 0 saturated heterocycles. The number of hydrogen-bond donors (Lipinski definition) is 1. The second-order valence-electron chi connectivity index (χ2n) is 4.35. The monoisotopic (exact) mass is 337 g/mol. The maximum Gasteiger partial charge on any atom is 0.340 e. The Hall–Kier alpha value is -1.88. The lowest BCUT2D eigenvalue weighted by Crippen LogP contribution is -2.10. The van der Waals surface area contributed by atoms with Crippen LogP contribution in [0.25, 0.3) is 0 Å². The summed E-state index contributed by atoms with van der Waals surface area (Å²) in [4.78, 5) is 12.0. The van der Waals surface area contributed by atoms with Gasteiger partial charge in [-0.05, 0) is 36.8 Å². The maximum absolute atomic E-state index is 13.5. The van der Waals surface area contributed by atoms with E-state index in [0.29, 0.717) is 16.8 Å². The molecule has 0 aromatic heterocycles. The minimum Gasteiger partial charge on any atom is -0.457 e. The number of carbonyl (C=O) groups is 1. The molecule has 104 valence electrons. The zero-order valence-corrected chi connectivity index (χ0v) is 12.4. The molecule has 5 heteroatoms. The van der Waals surface area contributed by atoms with E-state index in [4.69, 9.17) is 10.5 Å². The molecule has 2 rings (SSSR count). The molecule has 0 atom stereocenters. The molecule has 0 aliphatic rings. The fourth-order valence-electron chi connectivity index (χ4n) is 1.84. The van der Waals surface area contributed by atoms with E-state index in [1.165, 1.54) is 6.07 Å². The van der Waals surface area contributed by atoms with Gasteiger partial charge < -0.3 is 10.5 Å². The lowest BCUT2D eigenvalue weighted by atomic mass is 10.1. The summed E-state index contributed by atoms with van der Waals surface area (Å²) in [6, 6.07) is 9.63. The summed E-state index contributed by atoms with van der Waals surface area (Å²) in [5.41, 5.74) is 7.47. The molecule has 0 aliphatic heterocycles. The van der Waals surface area contributed by atoms with E-state index in [1.807, 2.05) is 0 Å². The van der Waals surface area contributed by atoms with Crippen LogP contribution < -0.4 is 5.73 Å². The van der Waals surface area contributed by atoms with Gasteiger partial charge in [-0.2, -0.15) is 0 Å². The first-order chi connectivity index (χ1) is 9.49. The Morgan fingerprint density at radius 3 is 2.80 bits per heavy atom. The Morgan fingerprint density at radius 1 is 1.35 bits per heavy atom. The van der Waals surface area contributed by atoms with Crippen LogP contribution in [0.1, 0.15) is 21.5 Å². The first-order valence-electron chi connectivity index (χ1n) is 5.95. The third-order valence-electron chi connectivity index (χ3n) is 2.88. The van der Waals surface area contributed by atoms with Gasteiger partial charge in [-0.1, -0.05) is 28.1 Å². The number of rotatable bonds is 3. The molecule has 2 aromatic carbocycles. The lowest BCUT2D eigenvalue weighted by molar-refractivity contribution is 0.0469. The Bertz CT molecular complexity index is 638. The van der Waals surface area contributed by atoms with Crippen molar-refractivity contribution in [1.82, 2.24) is 0 Å². The normalized spacial score (nSPS) is 10.3.